The Morgan fingerprint density at radius 1 is 1.13 bits per heavy atom. The summed E-state index contributed by atoms with van der Waals surface area (Å²) in [4.78, 5) is 43.6. The third-order valence-electron chi connectivity index (χ3n) is 5.76. The molecule has 0 saturated carbocycles. The lowest BCUT2D eigenvalue weighted by Crippen LogP contribution is -2.44. The van der Waals surface area contributed by atoms with E-state index in [1.54, 1.807) is 21.7 Å². The number of anilines is 1. The van der Waals surface area contributed by atoms with Crippen molar-refractivity contribution in [3.63, 3.8) is 0 Å². The molecular weight excluding hydrogens is 452 g/mol. The van der Waals surface area contributed by atoms with Crippen molar-refractivity contribution in [1.29, 1.82) is 0 Å². The second-order valence-corrected chi connectivity index (χ2v) is 8.74. The van der Waals surface area contributed by atoms with Gasteiger partial charge in [-0.15, -0.1) is 0 Å². The molecule has 0 radical (unpaired) electrons. The molecule has 0 atom stereocenters. The number of amides is 2. The normalized spacial score (nSPS) is 17.3. The van der Waals surface area contributed by atoms with Gasteiger partial charge in [-0.1, -0.05) is 6.42 Å². The summed E-state index contributed by atoms with van der Waals surface area (Å²) in [7, 11) is 0. The summed E-state index contributed by atoms with van der Waals surface area (Å²) in [5.74, 6) is 0.929. The molecule has 30 heavy (non-hydrogen) atoms. The average molecular weight is 477 g/mol. The van der Waals surface area contributed by atoms with Crippen molar-refractivity contribution in [3.05, 3.63) is 39.1 Å². The van der Waals surface area contributed by atoms with Crippen LogP contribution in [0, 0.1) is 5.92 Å². The van der Waals surface area contributed by atoms with E-state index in [1.807, 2.05) is 6.07 Å². The lowest BCUT2D eigenvalue weighted by molar-refractivity contribution is -0.135. The minimum absolute atomic E-state index is 0.0431. The van der Waals surface area contributed by atoms with E-state index in [1.165, 1.54) is 4.68 Å². The Morgan fingerprint density at radius 2 is 1.93 bits per heavy atom. The zero-order chi connectivity index (χ0) is 21.1. The first-order valence-electron chi connectivity index (χ1n) is 10.4. The number of fused-ring (bicyclic) bond motifs is 1. The van der Waals surface area contributed by atoms with Gasteiger partial charge < -0.3 is 10.2 Å². The first-order valence-corrected chi connectivity index (χ1v) is 11.2. The van der Waals surface area contributed by atoms with Crippen molar-refractivity contribution in [2.45, 2.75) is 51.6 Å². The molecule has 0 aliphatic carbocycles. The number of nitrogens with one attached hydrogen (secondary N) is 1. The monoisotopic (exact) mass is 476 g/mol. The van der Waals surface area contributed by atoms with Gasteiger partial charge in [0, 0.05) is 42.6 Å². The maximum absolute atomic E-state index is 12.7. The maximum Gasteiger partial charge on any atom is 0.346 e. The van der Waals surface area contributed by atoms with Gasteiger partial charge in [0.2, 0.25) is 11.8 Å². The molecule has 0 bridgehead atoms. The van der Waals surface area contributed by atoms with Gasteiger partial charge in [0.05, 0.1) is 0 Å². The van der Waals surface area contributed by atoms with Gasteiger partial charge in [-0.2, -0.15) is 5.10 Å². The fourth-order valence-corrected chi connectivity index (χ4v) is 4.26. The first kappa shape index (κ1) is 20.8. The van der Waals surface area contributed by atoms with Crippen molar-refractivity contribution >= 4 is 33.6 Å². The van der Waals surface area contributed by atoms with E-state index in [0.717, 1.165) is 36.0 Å². The Hall–Kier alpha value is -2.49. The van der Waals surface area contributed by atoms with Gasteiger partial charge >= 0.3 is 5.69 Å². The predicted octanol–water partition coefficient (Wildman–Crippen LogP) is 1.81. The summed E-state index contributed by atoms with van der Waals surface area (Å²) in [6.45, 7) is 1.62. The highest BCUT2D eigenvalue weighted by Gasteiger charge is 2.28. The molecule has 4 rings (SSSR count). The van der Waals surface area contributed by atoms with Gasteiger partial charge in [0.25, 0.3) is 0 Å². The molecule has 2 aromatic rings. The zero-order valence-corrected chi connectivity index (χ0v) is 18.3. The van der Waals surface area contributed by atoms with E-state index in [4.69, 9.17) is 0 Å². The number of hydrogen-bond donors (Lipinski definition) is 1. The first-order chi connectivity index (χ1) is 14.5. The number of carbonyl (C=O) groups is 2. The van der Waals surface area contributed by atoms with Crippen molar-refractivity contribution in [1.82, 2.24) is 24.2 Å². The van der Waals surface area contributed by atoms with E-state index < -0.39 is 0 Å². The maximum atomic E-state index is 12.7. The number of hydrogen-bond acceptors (Lipinski definition) is 5. The summed E-state index contributed by atoms with van der Waals surface area (Å²) in [5, 5.41) is 7.22. The van der Waals surface area contributed by atoms with Crippen LogP contribution in [0.5, 0.6) is 0 Å². The second-order valence-electron chi connectivity index (χ2n) is 7.82. The molecule has 0 aromatic carbocycles. The number of carbonyl (C=O) groups excluding carboxylic acids is 2. The number of aryl methyl sites for hydroxylation is 1. The SMILES string of the molecule is O=C(Nc1ccc(Br)cn1)C1CCN(C(=O)Cn2nc3n(c2=O)CCCCC3)CC1. The number of pyridine rings is 1. The fraction of sp³-hybridized carbons (Fsp3) is 0.550. The summed E-state index contributed by atoms with van der Waals surface area (Å²) in [6, 6.07) is 3.56. The molecule has 0 unspecified atom stereocenters. The smallest absolute Gasteiger partial charge is 0.341 e. The average Bonchev–Trinajstić information content (AvgIpc) is 2.91. The van der Waals surface area contributed by atoms with Crippen LogP contribution in [0.3, 0.4) is 0 Å². The fourth-order valence-electron chi connectivity index (χ4n) is 4.03. The van der Waals surface area contributed by atoms with Crippen molar-refractivity contribution in [3.8, 4) is 0 Å². The predicted molar refractivity (Wildman–Crippen MR) is 114 cm³/mol. The number of likely N-dealkylation sites (tertiary alicyclic amines) is 1. The second kappa shape index (κ2) is 9.11. The van der Waals surface area contributed by atoms with Gasteiger partial charge in [-0.3, -0.25) is 14.2 Å². The van der Waals surface area contributed by atoms with E-state index in [2.05, 4.69) is 31.3 Å². The van der Waals surface area contributed by atoms with Crippen LogP contribution in [0.1, 0.15) is 37.9 Å². The van der Waals surface area contributed by atoms with Gasteiger partial charge in [-0.25, -0.2) is 14.5 Å². The summed E-state index contributed by atoms with van der Waals surface area (Å²) in [6.07, 6.45) is 6.68. The van der Waals surface area contributed by atoms with Crippen molar-refractivity contribution in [2.24, 2.45) is 5.92 Å². The van der Waals surface area contributed by atoms with Gasteiger partial charge in [-0.05, 0) is 53.7 Å². The Bertz CT molecular complexity index is 975. The van der Waals surface area contributed by atoms with E-state index >= 15 is 0 Å². The third kappa shape index (κ3) is 4.63. The van der Waals surface area contributed by atoms with Gasteiger partial charge in [0.1, 0.15) is 18.2 Å². The van der Waals surface area contributed by atoms with Crippen LogP contribution in [0.15, 0.2) is 27.6 Å². The van der Waals surface area contributed by atoms with Crippen LogP contribution in [0.25, 0.3) is 0 Å². The molecule has 4 heterocycles. The molecular formula is C20H25BrN6O3. The minimum atomic E-state index is -0.198. The molecule has 2 aliphatic rings. The molecule has 1 saturated heterocycles. The number of aromatic nitrogens is 4. The lowest BCUT2D eigenvalue weighted by Gasteiger charge is -2.31. The highest BCUT2D eigenvalue weighted by atomic mass is 79.9. The van der Waals surface area contributed by atoms with Crippen LogP contribution in [0.2, 0.25) is 0 Å². The van der Waals surface area contributed by atoms with Crippen molar-refractivity contribution in [2.75, 3.05) is 18.4 Å². The Morgan fingerprint density at radius 3 is 2.67 bits per heavy atom. The van der Waals surface area contributed by atoms with E-state index in [9.17, 15) is 14.4 Å². The van der Waals surface area contributed by atoms with Crippen LogP contribution in [0.4, 0.5) is 5.82 Å². The Balaban J connectivity index is 1.31. The molecule has 160 valence electrons. The molecule has 9 nitrogen and oxygen atoms in total. The third-order valence-corrected chi connectivity index (χ3v) is 6.23. The Labute approximate surface area is 182 Å². The quantitative estimate of drug-likeness (QED) is 0.724. The number of piperidine rings is 1. The highest BCUT2D eigenvalue weighted by molar-refractivity contribution is 9.10. The van der Waals surface area contributed by atoms with E-state index in [0.29, 0.717) is 38.3 Å². The summed E-state index contributed by atoms with van der Waals surface area (Å²) < 4.78 is 3.84. The number of rotatable bonds is 4. The molecule has 2 aliphatic heterocycles. The van der Waals surface area contributed by atoms with Gasteiger partial charge in [0.15, 0.2) is 0 Å². The van der Waals surface area contributed by atoms with Crippen LogP contribution in [-0.4, -0.2) is 49.1 Å². The van der Waals surface area contributed by atoms with Crippen LogP contribution < -0.4 is 11.0 Å². The largest absolute Gasteiger partial charge is 0.346 e. The Kier molecular flexibility index (Phi) is 6.31. The van der Waals surface area contributed by atoms with Crippen molar-refractivity contribution < 1.29 is 9.59 Å². The lowest BCUT2D eigenvalue weighted by atomic mass is 9.96. The number of halogens is 1. The highest BCUT2D eigenvalue weighted by Crippen LogP contribution is 2.20. The molecule has 0 spiro atoms. The standard InChI is InChI=1S/C20H25BrN6O3/c21-15-5-6-16(22-12-15)23-19(29)14-7-10-25(11-8-14)18(28)13-27-20(30)26-9-3-1-2-4-17(26)24-27/h5-6,12,14H,1-4,7-11,13H2,(H,22,23,29). The van der Waals surface area contributed by atoms with Crippen LogP contribution >= 0.6 is 15.9 Å². The molecule has 1 fully saturated rings. The molecule has 2 aromatic heterocycles. The zero-order valence-electron chi connectivity index (χ0n) is 16.7. The van der Waals surface area contributed by atoms with Crippen LogP contribution in [-0.2, 0) is 29.1 Å². The topological polar surface area (TPSA) is 102 Å². The number of nitrogens with zero attached hydrogens (tertiary/aromatic N) is 5. The molecule has 2 amide bonds. The van der Waals surface area contributed by atoms with E-state index in [-0.39, 0.29) is 30.0 Å². The summed E-state index contributed by atoms with van der Waals surface area (Å²) in [5.41, 5.74) is -0.198. The molecule has 1 N–H and O–H groups in total. The summed E-state index contributed by atoms with van der Waals surface area (Å²) >= 11 is 3.32. The molecule has 10 heteroatoms. The minimum Gasteiger partial charge on any atom is -0.341 e.